The number of nitrogens with zero attached hydrogens (tertiary/aromatic N) is 1. The van der Waals surface area contributed by atoms with Crippen molar-refractivity contribution < 1.29 is 9.18 Å². The summed E-state index contributed by atoms with van der Waals surface area (Å²) in [5, 5.41) is 0. The van der Waals surface area contributed by atoms with E-state index in [-0.39, 0.29) is 17.6 Å². The molecular formula is C13H19FN2O. The van der Waals surface area contributed by atoms with Gasteiger partial charge in [-0.3, -0.25) is 4.79 Å². The second-order valence-corrected chi connectivity index (χ2v) is 4.14. The number of carbonyl (C=O) groups is 1. The monoisotopic (exact) mass is 238 g/mol. The molecule has 0 fully saturated rings. The summed E-state index contributed by atoms with van der Waals surface area (Å²) < 4.78 is 12.8. The van der Waals surface area contributed by atoms with Crippen molar-refractivity contribution >= 4 is 11.6 Å². The van der Waals surface area contributed by atoms with Gasteiger partial charge in [-0.15, -0.1) is 0 Å². The Hall–Kier alpha value is -1.42. The zero-order chi connectivity index (χ0) is 12.8. The molecule has 0 spiro atoms. The van der Waals surface area contributed by atoms with E-state index in [0.29, 0.717) is 18.7 Å². The molecule has 17 heavy (non-hydrogen) atoms. The number of halogens is 1. The number of rotatable bonds is 5. The van der Waals surface area contributed by atoms with E-state index in [9.17, 15) is 9.18 Å². The van der Waals surface area contributed by atoms with Crippen molar-refractivity contribution in [2.45, 2.75) is 19.8 Å². The summed E-state index contributed by atoms with van der Waals surface area (Å²) in [6, 6.07) is 5.88. The van der Waals surface area contributed by atoms with E-state index in [1.54, 1.807) is 19.2 Å². The predicted octanol–water partition coefficient (Wildman–Crippen LogP) is 2.16. The van der Waals surface area contributed by atoms with Gasteiger partial charge >= 0.3 is 0 Å². The lowest BCUT2D eigenvalue weighted by Gasteiger charge is -2.20. The molecular weight excluding hydrogens is 219 g/mol. The van der Waals surface area contributed by atoms with Gasteiger partial charge in [0.25, 0.3) is 0 Å². The predicted molar refractivity (Wildman–Crippen MR) is 67.3 cm³/mol. The Morgan fingerprint density at radius 1 is 1.41 bits per heavy atom. The Bertz CT molecular complexity index is 360. The maximum atomic E-state index is 12.8. The first kappa shape index (κ1) is 13.6. The minimum atomic E-state index is -0.303. The van der Waals surface area contributed by atoms with Crippen LogP contribution in [-0.4, -0.2) is 19.5 Å². The van der Waals surface area contributed by atoms with Crippen LogP contribution >= 0.6 is 0 Å². The molecule has 4 heteroatoms. The standard InChI is InChI=1S/C13H19FN2O/c1-3-10(9-15)8-13(17)16(2)12-6-4-11(14)5-7-12/h4-7,10H,3,8-9,15H2,1-2H3. The molecule has 1 unspecified atom stereocenters. The fraction of sp³-hybridized carbons (Fsp3) is 0.462. The van der Waals surface area contributed by atoms with E-state index >= 15 is 0 Å². The third kappa shape index (κ3) is 3.82. The topological polar surface area (TPSA) is 46.3 Å². The van der Waals surface area contributed by atoms with Crippen molar-refractivity contribution in [2.24, 2.45) is 11.7 Å². The molecule has 1 atom stereocenters. The van der Waals surface area contributed by atoms with E-state index in [0.717, 1.165) is 6.42 Å². The minimum absolute atomic E-state index is 0.00825. The number of amides is 1. The average Bonchev–Trinajstić information content (AvgIpc) is 2.35. The van der Waals surface area contributed by atoms with Crippen molar-refractivity contribution in [3.05, 3.63) is 30.1 Å². The van der Waals surface area contributed by atoms with Crippen LogP contribution in [0.4, 0.5) is 10.1 Å². The van der Waals surface area contributed by atoms with Crippen LogP contribution in [-0.2, 0) is 4.79 Å². The molecule has 0 aliphatic heterocycles. The van der Waals surface area contributed by atoms with Crippen LogP contribution in [0.2, 0.25) is 0 Å². The van der Waals surface area contributed by atoms with Gasteiger partial charge in [-0.25, -0.2) is 4.39 Å². The Morgan fingerprint density at radius 3 is 2.47 bits per heavy atom. The molecule has 1 rings (SSSR count). The number of benzene rings is 1. The second kappa shape index (κ2) is 6.35. The van der Waals surface area contributed by atoms with Crippen LogP contribution in [0.25, 0.3) is 0 Å². The fourth-order valence-corrected chi connectivity index (χ4v) is 1.59. The Kier molecular flexibility index (Phi) is 5.10. The summed E-state index contributed by atoms with van der Waals surface area (Å²) in [7, 11) is 1.69. The Labute approximate surface area is 101 Å². The van der Waals surface area contributed by atoms with Crippen LogP contribution in [0.5, 0.6) is 0 Å². The smallest absolute Gasteiger partial charge is 0.227 e. The SMILES string of the molecule is CCC(CN)CC(=O)N(C)c1ccc(F)cc1. The molecule has 0 saturated carbocycles. The molecule has 0 aromatic heterocycles. The fourth-order valence-electron chi connectivity index (χ4n) is 1.59. The van der Waals surface area contributed by atoms with E-state index in [4.69, 9.17) is 5.73 Å². The third-order valence-corrected chi connectivity index (χ3v) is 2.96. The minimum Gasteiger partial charge on any atom is -0.330 e. The van der Waals surface area contributed by atoms with Crippen LogP contribution < -0.4 is 10.6 Å². The summed E-state index contributed by atoms with van der Waals surface area (Å²) in [5.41, 5.74) is 6.27. The third-order valence-electron chi connectivity index (χ3n) is 2.96. The van der Waals surface area contributed by atoms with E-state index < -0.39 is 0 Å². The first-order valence-electron chi connectivity index (χ1n) is 5.80. The van der Waals surface area contributed by atoms with Crippen LogP contribution in [0, 0.1) is 11.7 Å². The Morgan fingerprint density at radius 2 is 2.00 bits per heavy atom. The molecule has 1 aromatic rings. The van der Waals surface area contributed by atoms with Gasteiger partial charge in [0.1, 0.15) is 5.82 Å². The van der Waals surface area contributed by atoms with Crippen molar-refractivity contribution in [1.29, 1.82) is 0 Å². The van der Waals surface area contributed by atoms with Gasteiger partial charge in [0.2, 0.25) is 5.91 Å². The maximum absolute atomic E-state index is 12.8. The summed E-state index contributed by atoms with van der Waals surface area (Å²) in [4.78, 5) is 13.5. The zero-order valence-corrected chi connectivity index (χ0v) is 10.3. The molecule has 0 aliphatic rings. The average molecular weight is 238 g/mol. The quantitative estimate of drug-likeness (QED) is 0.854. The molecule has 0 bridgehead atoms. The van der Waals surface area contributed by atoms with Crippen LogP contribution in [0.1, 0.15) is 19.8 Å². The van der Waals surface area contributed by atoms with Crippen molar-refractivity contribution in [3.8, 4) is 0 Å². The van der Waals surface area contributed by atoms with Gasteiger partial charge < -0.3 is 10.6 Å². The van der Waals surface area contributed by atoms with Gasteiger partial charge in [-0.1, -0.05) is 13.3 Å². The van der Waals surface area contributed by atoms with Gasteiger partial charge in [-0.2, -0.15) is 0 Å². The number of carbonyl (C=O) groups excluding carboxylic acids is 1. The number of hydrogen-bond acceptors (Lipinski definition) is 2. The molecule has 3 nitrogen and oxygen atoms in total. The van der Waals surface area contributed by atoms with E-state index in [1.165, 1.54) is 17.0 Å². The first-order valence-corrected chi connectivity index (χ1v) is 5.80. The number of anilines is 1. The largest absolute Gasteiger partial charge is 0.330 e. The van der Waals surface area contributed by atoms with Crippen molar-refractivity contribution in [2.75, 3.05) is 18.5 Å². The lowest BCUT2D eigenvalue weighted by Crippen LogP contribution is -2.30. The first-order chi connectivity index (χ1) is 8.08. The second-order valence-electron chi connectivity index (χ2n) is 4.14. The van der Waals surface area contributed by atoms with Crippen LogP contribution in [0.3, 0.4) is 0 Å². The van der Waals surface area contributed by atoms with Gasteiger partial charge in [0, 0.05) is 19.2 Å². The molecule has 0 saturated heterocycles. The Balaban J connectivity index is 2.66. The molecule has 2 N–H and O–H groups in total. The van der Waals surface area contributed by atoms with E-state index in [2.05, 4.69) is 0 Å². The zero-order valence-electron chi connectivity index (χ0n) is 10.3. The van der Waals surface area contributed by atoms with Gasteiger partial charge in [0.15, 0.2) is 0 Å². The molecule has 94 valence electrons. The van der Waals surface area contributed by atoms with E-state index in [1.807, 2.05) is 6.92 Å². The highest BCUT2D eigenvalue weighted by Gasteiger charge is 2.15. The van der Waals surface area contributed by atoms with Crippen molar-refractivity contribution in [3.63, 3.8) is 0 Å². The van der Waals surface area contributed by atoms with Gasteiger partial charge in [-0.05, 0) is 36.7 Å². The molecule has 0 radical (unpaired) electrons. The summed E-state index contributed by atoms with van der Waals surface area (Å²) in [5.74, 6) is -0.0812. The molecule has 0 aliphatic carbocycles. The number of nitrogens with two attached hydrogens (primary N) is 1. The normalized spacial score (nSPS) is 12.2. The summed E-state index contributed by atoms with van der Waals surface area (Å²) in [6.07, 6.45) is 1.32. The highest BCUT2D eigenvalue weighted by Crippen LogP contribution is 2.16. The lowest BCUT2D eigenvalue weighted by molar-refractivity contribution is -0.119. The van der Waals surface area contributed by atoms with Crippen molar-refractivity contribution in [1.82, 2.24) is 0 Å². The number of hydrogen-bond donors (Lipinski definition) is 1. The molecule has 1 amide bonds. The molecule has 0 heterocycles. The molecule has 1 aromatic carbocycles. The highest BCUT2D eigenvalue weighted by atomic mass is 19.1. The van der Waals surface area contributed by atoms with Crippen LogP contribution in [0.15, 0.2) is 24.3 Å². The van der Waals surface area contributed by atoms with Gasteiger partial charge in [0.05, 0.1) is 0 Å². The maximum Gasteiger partial charge on any atom is 0.227 e. The lowest BCUT2D eigenvalue weighted by atomic mass is 10.0. The highest BCUT2D eigenvalue weighted by molar-refractivity contribution is 5.92. The summed E-state index contributed by atoms with van der Waals surface area (Å²) >= 11 is 0. The summed E-state index contributed by atoms with van der Waals surface area (Å²) in [6.45, 7) is 2.53.